The quantitative estimate of drug-likeness (QED) is 0.433. The number of hydrogen-bond donors (Lipinski definition) is 2. The Morgan fingerprint density at radius 3 is 1.83 bits per heavy atom. The first kappa shape index (κ1) is 5.88. The highest BCUT2D eigenvalue weighted by atomic mass is 15.7. The summed E-state index contributed by atoms with van der Waals surface area (Å²) in [4.78, 5) is 0. The van der Waals surface area contributed by atoms with Crippen LogP contribution in [0.2, 0.25) is 0 Å². The zero-order chi connectivity index (χ0) is 4.99. The van der Waals surface area contributed by atoms with E-state index in [-0.39, 0.29) is 0 Å². The van der Waals surface area contributed by atoms with E-state index in [0.29, 0.717) is 0 Å². The van der Waals surface area contributed by atoms with Gasteiger partial charge in [0.25, 0.3) is 0 Å². The molecule has 0 saturated heterocycles. The molecule has 0 saturated carbocycles. The smallest absolute Gasteiger partial charge is 0.00262 e. The van der Waals surface area contributed by atoms with Crippen molar-refractivity contribution in [2.24, 2.45) is 0 Å². The van der Waals surface area contributed by atoms with Crippen molar-refractivity contribution in [2.75, 3.05) is 21.1 Å². The van der Waals surface area contributed by atoms with Crippen LogP contribution in [0.15, 0.2) is 0 Å². The van der Waals surface area contributed by atoms with Crippen molar-refractivity contribution >= 4 is 0 Å². The van der Waals surface area contributed by atoms with E-state index >= 15 is 0 Å². The molecular formula is C3H11N3. The van der Waals surface area contributed by atoms with Gasteiger partial charge in [0, 0.05) is 14.1 Å². The molecule has 0 unspecified atom stereocenters. The Morgan fingerprint density at radius 2 is 1.83 bits per heavy atom. The van der Waals surface area contributed by atoms with Gasteiger partial charge in [0.1, 0.15) is 0 Å². The van der Waals surface area contributed by atoms with E-state index in [4.69, 9.17) is 0 Å². The van der Waals surface area contributed by atoms with E-state index in [9.17, 15) is 0 Å². The molecule has 0 rings (SSSR count). The van der Waals surface area contributed by atoms with Crippen LogP contribution in [0.25, 0.3) is 0 Å². The molecule has 3 nitrogen and oxygen atoms in total. The van der Waals surface area contributed by atoms with Crippen molar-refractivity contribution in [3.05, 3.63) is 0 Å². The normalized spacial score (nSPS) is 10.0. The number of rotatable bonds is 2. The summed E-state index contributed by atoms with van der Waals surface area (Å²) < 4.78 is 0. The first-order valence-corrected chi connectivity index (χ1v) is 1.87. The summed E-state index contributed by atoms with van der Waals surface area (Å²) in [5, 5.41) is 1.82. The number of hydrazine groups is 2. The van der Waals surface area contributed by atoms with Gasteiger partial charge in [-0.2, -0.15) is 5.53 Å². The fraction of sp³-hybridized carbons (Fsp3) is 1.00. The topological polar surface area (TPSA) is 27.3 Å². The molecule has 3 heteroatoms. The molecule has 2 N–H and O–H groups in total. The van der Waals surface area contributed by atoms with Crippen molar-refractivity contribution in [3.8, 4) is 0 Å². The lowest BCUT2D eigenvalue weighted by molar-refractivity contribution is 0.251. The Hall–Kier alpha value is -0.120. The largest absolute Gasteiger partial charge is 0.247 e. The van der Waals surface area contributed by atoms with Crippen molar-refractivity contribution in [2.45, 2.75) is 0 Å². The van der Waals surface area contributed by atoms with E-state index in [1.807, 2.05) is 26.2 Å². The van der Waals surface area contributed by atoms with Crippen LogP contribution in [0.3, 0.4) is 0 Å². The fourth-order valence-electron chi connectivity index (χ4n) is 0.224. The number of hydrogen-bond acceptors (Lipinski definition) is 3. The molecule has 0 aromatic heterocycles. The van der Waals surface area contributed by atoms with Gasteiger partial charge in [-0.1, -0.05) is 0 Å². The highest BCUT2D eigenvalue weighted by Crippen LogP contribution is 1.49. The van der Waals surface area contributed by atoms with Gasteiger partial charge in [0.2, 0.25) is 0 Å². The van der Waals surface area contributed by atoms with Gasteiger partial charge in [0.05, 0.1) is 0 Å². The predicted molar refractivity (Wildman–Crippen MR) is 25.9 cm³/mol. The summed E-state index contributed by atoms with van der Waals surface area (Å²) in [6, 6.07) is 0. The van der Waals surface area contributed by atoms with Gasteiger partial charge in [0.15, 0.2) is 0 Å². The molecule has 0 fully saturated rings. The summed E-state index contributed by atoms with van der Waals surface area (Å²) in [5.74, 6) is 0. The Balaban J connectivity index is 2.63. The van der Waals surface area contributed by atoms with Crippen LogP contribution >= 0.6 is 0 Å². The Bertz CT molecular complexity index is 27.2. The molecule has 0 atom stereocenters. The third-order valence-corrected chi connectivity index (χ3v) is 0.335. The molecule has 38 valence electrons. The third kappa shape index (κ3) is 3.88. The maximum absolute atomic E-state index is 2.79. The molecule has 0 aromatic rings. The minimum atomic E-state index is 1.82. The molecular weight excluding hydrogens is 78.1 g/mol. The molecule has 0 aliphatic heterocycles. The molecule has 0 bridgehead atoms. The predicted octanol–water partition coefficient (Wildman–Crippen LogP) is -0.813. The van der Waals surface area contributed by atoms with Crippen molar-refractivity contribution in [1.29, 1.82) is 0 Å². The third-order valence-electron chi connectivity index (χ3n) is 0.335. The van der Waals surface area contributed by atoms with Gasteiger partial charge < -0.3 is 0 Å². The SMILES string of the molecule is CNNN(C)C. The fourth-order valence-corrected chi connectivity index (χ4v) is 0.224. The van der Waals surface area contributed by atoms with Gasteiger partial charge in [-0.15, -0.1) is 0 Å². The average molecular weight is 89.1 g/mol. The Kier molecular flexibility index (Phi) is 3.02. The average Bonchev–Trinajstić information content (AvgIpc) is 1.35. The van der Waals surface area contributed by atoms with Gasteiger partial charge >= 0.3 is 0 Å². The van der Waals surface area contributed by atoms with Crippen LogP contribution in [0, 0.1) is 0 Å². The molecule has 0 aliphatic carbocycles. The van der Waals surface area contributed by atoms with Gasteiger partial charge in [-0.05, 0) is 7.05 Å². The van der Waals surface area contributed by atoms with Crippen LogP contribution < -0.4 is 11.0 Å². The second-order valence-corrected chi connectivity index (χ2v) is 1.26. The summed E-state index contributed by atoms with van der Waals surface area (Å²) >= 11 is 0. The van der Waals surface area contributed by atoms with E-state index in [1.165, 1.54) is 0 Å². The lowest BCUT2D eigenvalue weighted by atomic mass is 11.2. The molecule has 0 aromatic carbocycles. The first-order chi connectivity index (χ1) is 2.77. The summed E-state index contributed by atoms with van der Waals surface area (Å²) in [6.07, 6.45) is 0. The summed E-state index contributed by atoms with van der Waals surface area (Å²) in [6.45, 7) is 0. The molecule has 0 radical (unpaired) electrons. The van der Waals surface area contributed by atoms with E-state index in [2.05, 4.69) is 11.0 Å². The standard InChI is InChI=1S/C3H11N3/c1-4-5-6(2)3/h4-5H,1-3H3. The number of nitrogens with zero attached hydrogens (tertiary/aromatic N) is 1. The highest BCUT2D eigenvalue weighted by molar-refractivity contribution is 4.14. The molecule has 0 spiro atoms. The first-order valence-electron chi connectivity index (χ1n) is 1.87. The Labute approximate surface area is 38.3 Å². The summed E-state index contributed by atoms with van der Waals surface area (Å²) in [7, 11) is 5.65. The molecule has 6 heavy (non-hydrogen) atoms. The monoisotopic (exact) mass is 89.1 g/mol. The van der Waals surface area contributed by atoms with E-state index in [0.717, 1.165) is 0 Å². The van der Waals surface area contributed by atoms with Crippen LogP contribution in [-0.4, -0.2) is 26.2 Å². The van der Waals surface area contributed by atoms with Crippen molar-refractivity contribution < 1.29 is 0 Å². The minimum absolute atomic E-state index is 1.82. The second-order valence-electron chi connectivity index (χ2n) is 1.26. The van der Waals surface area contributed by atoms with E-state index < -0.39 is 0 Å². The second kappa shape index (κ2) is 3.08. The number of nitrogens with one attached hydrogen (secondary N) is 2. The zero-order valence-electron chi connectivity index (χ0n) is 4.45. The zero-order valence-corrected chi connectivity index (χ0v) is 4.45. The van der Waals surface area contributed by atoms with Crippen molar-refractivity contribution in [3.63, 3.8) is 0 Å². The maximum atomic E-state index is 2.79. The lowest BCUT2D eigenvalue weighted by Gasteiger charge is -2.07. The van der Waals surface area contributed by atoms with Crippen LogP contribution in [-0.2, 0) is 0 Å². The van der Waals surface area contributed by atoms with Gasteiger partial charge in [-0.3, -0.25) is 0 Å². The molecule has 0 aliphatic rings. The van der Waals surface area contributed by atoms with Crippen LogP contribution in [0.5, 0.6) is 0 Å². The van der Waals surface area contributed by atoms with Crippen LogP contribution in [0.1, 0.15) is 0 Å². The Morgan fingerprint density at radius 1 is 1.33 bits per heavy atom. The van der Waals surface area contributed by atoms with Crippen LogP contribution in [0.4, 0.5) is 0 Å². The lowest BCUT2D eigenvalue weighted by Crippen LogP contribution is -2.39. The van der Waals surface area contributed by atoms with Crippen molar-refractivity contribution in [1.82, 2.24) is 16.0 Å². The van der Waals surface area contributed by atoms with Gasteiger partial charge in [-0.25, -0.2) is 10.4 Å². The highest BCUT2D eigenvalue weighted by Gasteiger charge is 1.74. The minimum Gasteiger partial charge on any atom is -0.247 e. The maximum Gasteiger partial charge on any atom is 0.00262 e. The molecule has 0 heterocycles. The summed E-state index contributed by atoms with van der Waals surface area (Å²) in [5.41, 5.74) is 5.53. The molecule has 0 amide bonds. The van der Waals surface area contributed by atoms with E-state index in [1.54, 1.807) is 0 Å².